The van der Waals surface area contributed by atoms with Crippen LogP contribution in [0.5, 0.6) is 0 Å². The molecule has 112 valence electrons. The van der Waals surface area contributed by atoms with Crippen LogP contribution < -0.4 is 16.0 Å². The average molecular weight is 287 g/mol. The lowest BCUT2D eigenvalue weighted by Crippen LogP contribution is -2.36. The molecule has 0 aliphatic carbocycles. The van der Waals surface area contributed by atoms with E-state index in [2.05, 4.69) is 16.0 Å². The lowest BCUT2D eigenvalue weighted by molar-refractivity contribution is -0.119. The molecule has 1 heterocycles. The van der Waals surface area contributed by atoms with E-state index >= 15 is 0 Å². The summed E-state index contributed by atoms with van der Waals surface area (Å²) < 4.78 is 0. The zero-order valence-electron chi connectivity index (χ0n) is 12.6. The van der Waals surface area contributed by atoms with Gasteiger partial charge in [0, 0.05) is 36.0 Å². The number of benzene rings is 1. The number of hydrogen-bond acceptors (Lipinski definition) is 3. The average Bonchev–Trinajstić information content (AvgIpc) is 2.36. The molecule has 1 aromatic rings. The SMILES string of the molecule is CC(C(=O)Nc1cccc(NC(=O)C(C)C)c1)=C1CNC1. The van der Waals surface area contributed by atoms with Crippen molar-refractivity contribution in [3.63, 3.8) is 0 Å². The number of carbonyl (C=O) groups is 2. The fourth-order valence-corrected chi connectivity index (χ4v) is 1.86. The number of anilines is 2. The fourth-order valence-electron chi connectivity index (χ4n) is 1.86. The number of amides is 2. The Kier molecular flexibility index (Phi) is 4.75. The Morgan fingerprint density at radius 3 is 2.29 bits per heavy atom. The molecule has 3 N–H and O–H groups in total. The van der Waals surface area contributed by atoms with Gasteiger partial charge in [-0.3, -0.25) is 9.59 Å². The molecule has 0 radical (unpaired) electrons. The van der Waals surface area contributed by atoms with Gasteiger partial charge in [-0.25, -0.2) is 0 Å². The Morgan fingerprint density at radius 2 is 1.76 bits per heavy atom. The molecular weight excluding hydrogens is 266 g/mol. The lowest BCUT2D eigenvalue weighted by atomic mass is 10.0. The van der Waals surface area contributed by atoms with Gasteiger partial charge in [-0.1, -0.05) is 19.9 Å². The molecule has 0 bridgehead atoms. The molecule has 2 rings (SSSR count). The van der Waals surface area contributed by atoms with Crippen molar-refractivity contribution in [1.82, 2.24) is 5.32 Å². The molecule has 0 spiro atoms. The van der Waals surface area contributed by atoms with Gasteiger partial charge in [0.05, 0.1) is 0 Å². The van der Waals surface area contributed by atoms with E-state index in [4.69, 9.17) is 0 Å². The highest BCUT2D eigenvalue weighted by Crippen LogP contribution is 2.18. The summed E-state index contributed by atoms with van der Waals surface area (Å²) in [6.45, 7) is 7.07. The Bertz CT molecular complexity index is 585. The van der Waals surface area contributed by atoms with Crippen LogP contribution in [0.2, 0.25) is 0 Å². The van der Waals surface area contributed by atoms with Crippen molar-refractivity contribution in [3.8, 4) is 0 Å². The van der Waals surface area contributed by atoms with Crippen LogP contribution in [0.15, 0.2) is 35.4 Å². The maximum Gasteiger partial charge on any atom is 0.251 e. The minimum atomic E-state index is -0.0983. The topological polar surface area (TPSA) is 70.2 Å². The molecule has 21 heavy (non-hydrogen) atoms. The summed E-state index contributed by atoms with van der Waals surface area (Å²) in [7, 11) is 0. The van der Waals surface area contributed by atoms with E-state index in [0.717, 1.165) is 24.2 Å². The largest absolute Gasteiger partial charge is 0.326 e. The Balaban J connectivity index is 2.04. The molecule has 2 amide bonds. The highest BCUT2D eigenvalue weighted by Gasteiger charge is 2.16. The summed E-state index contributed by atoms with van der Waals surface area (Å²) in [5.74, 6) is -0.225. The number of hydrogen-bond donors (Lipinski definition) is 3. The van der Waals surface area contributed by atoms with E-state index in [1.807, 2.05) is 20.8 Å². The second kappa shape index (κ2) is 6.54. The highest BCUT2D eigenvalue weighted by molar-refractivity contribution is 6.04. The molecule has 1 fully saturated rings. The summed E-state index contributed by atoms with van der Waals surface area (Å²) in [5.41, 5.74) is 3.25. The lowest BCUT2D eigenvalue weighted by Gasteiger charge is -2.21. The molecule has 0 saturated carbocycles. The summed E-state index contributed by atoms with van der Waals surface area (Å²) in [5, 5.41) is 8.79. The van der Waals surface area contributed by atoms with E-state index in [-0.39, 0.29) is 17.7 Å². The van der Waals surface area contributed by atoms with Crippen molar-refractivity contribution in [2.24, 2.45) is 5.92 Å². The molecule has 1 saturated heterocycles. The van der Waals surface area contributed by atoms with Gasteiger partial charge < -0.3 is 16.0 Å². The molecule has 5 nitrogen and oxygen atoms in total. The van der Waals surface area contributed by atoms with Crippen molar-refractivity contribution >= 4 is 23.2 Å². The van der Waals surface area contributed by atoms with Crippen LogP contribution in [0.4, 0.5) is 11.4 Å². The van der Waals surface area contributed by atoms with Gasteiger partial charge >= 0.3 is 0 Å². The third-order valence-corrected chi connectivity index (χ3v) is 3.46. The Labute approximate surface area is 124 Å². The zero-order chi connectivity index (χ0) is 15.4. The smallest absolute Gasteiger partial charge is 0.251 e. The fraction of sp³-hybridized carbons (Fsp3) is 0.375. The van der Waals surface area contributed by atoms with Crippen LogP contribution in [0.1, 0.15) is 20.8 Å². The second-order valence-electron chi connectivity index (χ2n) is 5.51. The van der Waals surface area contributed by atoms with Crippen molar-refractivity contribution in [3.05, 3.63) is 35.4 Å². The highest BCUT2D eigenvalue weighted by atomic mass is 16.2. The molecule has 1 aliphatic heterocycles. The zero-order valence-corrected chi connectivity index (χ0v) is 12.6. The van der Waals surface area contributed by atoms with Gasteiger partial charge in [0.2, 0.25) is 5.91 Å². The summed E-state index contributed by atoms with van der Waals surface area (Å²) >= 11 is 0. The van der Waals surface area contributed by atoms with Gasteiger partial charge in [0.15, 0.2) is 0 Å². The van der Waals surface area contributed by atoms with Crippen molar-refractivity contribution in [2.75, 3.05) is 23.7 Å². The molecule has 0 atom stereocenters. The number of rotatable bonds is 4. The van der Waals surface area contributed by atoms with Crippen LogP contribution in [0.25, 0.3) is 0 Å². The normalized spacial score (nSPS) is 13.6. The number of nitrogens with one attached hydrogen (secondary N) is 3. The van der Waals surface area contributed by atoms with Gasteiger partial charge in [-0.05, 0) is 30.7 Å². The summed E-state index contributed by atoms with van der Waals surface area (Å²) in [4.78, 5) is 23.8. The van der Waals surface area contributed by atoms with Gasteiger partial charge in [-0.15, -0.1) is 0 Å². The minimum Gasteiger partial charge on any atom is -0.326 e. The third kappa shape index (κ3) is 3.92. The minimum absolute atomic E-state index is 0.0442. The summed E-state index contributed by atoms with van der Waals surface area (Å²) in [6, 6.07) is 7.17. The Hall–Kier alpha value is -2.14. The van der Waals surface area contributed by atoms with E-state index in [1.54, 1.807) is 24.3 Å². The standard InChI is InChI=1S/C16H21N3O2/c1-10(2)15(20)18-13-5-4-6-14(7-13)19-16(21)11(3)12-8-17-9-12/h4-7,10,17H,8-9H2,1-3H3,(H,18,20)(H,19,21). The van der Waals surface area contributed by atoms with E-state index in [1.165, 1.54) is 0 Å². The quantitative estimate of drug-likeness (QED) is 0.743. The molecule has 1 aliphatic rings. The predicted molar refractivity (Wildman–Crippen MR) is 84.1 cm³/mol. The molecule has 0 unspecified atom stereocenters. The monoisotopic (exact) mass is 287 g/mol. The first-order chi connectivity index (χ1) is 9.97. The predicted octanol–water partition coefficient (Wildman–Crippen LogP) is 2.14. The van der Waals surface area contributed by atoms with E-state index in [0.29, 0.717) is 11.4 Å². The van der Waals surface area contributed by atoms with Gasteiger partial charge in [0.1, 0.15) is 0 Å². The second-order valence-corrected chi connectivity index (χ2v) is 5.51. The summed E-state index contributed by atoms with van der Waals surface area (Å²) in [6.07, 6.45) is 0. The first kappa shape index (κ1) is 15.3. The van der Waals surface area contributed by atoms with Crippen LogP contribution in [0.3, 0.4) is 0 Å². The van der Waals surface area contributed by atoms with Gasteiger partial charge in [0.25, 0.3) is 5.91 Å². The van der Waals surface area contributed by atoms with Crippen LogP contribution in [-0.4, -0.2) is 24.9 Å². The van der Waals surface area contributed by atoms with Crippen molar-refractivity contribution in [2.45, 2.75) is 20.8 Å². The maximum atomic E-state index is 12.1. The first-order valence-electron chi connectivity index (χ1n) is 7.09. The van der Waals surface area contributed by atoms with Crippen LogP contribution in [-0.2, 0) is 9.59 Å². The molecule has 5 heteroatoms. The van der Waals surface area contributed by atoms with Gasteiger partial charge in [-0.2, -0.15) is 0 Å². The van der Waals surface area contributed by atoms with Crippen LogP contribution in [0, 0.1) is 5.92 Å². The first-order valence-corrected chi connectivity index (χ1v) is 7.09. The van der Waals surface area contributed by atoms with E-state index in [9.17, 15) is 9.59 Å². The third-order valence-electron chi connectivity index (χ3n) is 3.46. The number of carbonyl (C=O) groups excluding carboxylic acids is 2. The van der Waals surface area contributed by atoms with E-state index < -0.39 is 0 Å². The molecule has 0 aromatic heterocycles. The molecular formula is C16H21N3O2. The maximum absolute atomic E-state index is 12.1. The van der Waals surface area contributed by atoms with Crippen LogP contribution >= 0.6 is 0 Å². The van der Waals surface area contributed by atoms with Crippen molar-refractivity contribution < 1.29 is 9.59 Å². The van der Waals surface area contributed by atoms with Crippen molar-refractivity contribution in [1.29, 1.82) is 0 Å². The molecule has 1 aromatic carbocycles. The Morgan fingerprint density at radius 1 is 1.14 bits per heavy atom.